The van der Waals surface area contributed by atoms with Crippen LogP contribution in [0.25, 0.3) is 0 Å². The van der Waals surface area contributed by atoms with Gasteiger partial charge in [-0.25, -0.2) is 4.79 Å². The van der Waals surface area contributed by atoms with Gasteiger partial charge in [0.05, 0.1) is 18.4 Å². The van der Waals surface area contributed by atoms with Crippen LogP contribution in [0, 0.1) is 0 Å². The van der Waals surface area contributed by atoms with E-state index in [1.54, 1.807) is 24.3 Å². The Kier molecular flexibility index (Phi) is 5.42. The van der Waals surface area contributed by atoms with Crippen LogP contribution in [0.3, 0.4) is 0 Å². The van der Waals surface area contributed by atoms with Crippen molar-refractivity contribution in [3.8, 4) is 5.75 Å². The van der Waals surface area contributed by atoms with Crippen LogP contribution < -0.4 is 4.74 Å². The Labute approximate surface area is 117 Å². The van der Waals surface area contributed by atoms with Gasteiger partial charge in [0.25, 0.3) is 0 Å². The second-order valence-electron chi connectivity index (χ2n) is 4.89. The van der Waals surface area contributed by atoms with Gasteiger partial charge in [0.2, 0.25) is 0 Å². The van der Waals surface area contributed by atoms with E-state index in [2.05, 4.69) is 4.74 Å². The Morgan fingerprint density at radius 1 is 1.16 bits per heavy atom. The number of methoxy groups -OCH3 is 1. The third kappa shape index (κ3) is 5.79. The van der Waals surface area contributed by atoms with Crippen molar-refractivity contribution in [1.29, 1.82) is 0 Å². The van der Waals surface area contributed by atoms with E-state index < -0.39 is 5.97 Å². The molecule has 0 aliphatic carbocycles. The van der Waals surface area contributed by atoms with E-state index in [9.17, 15) is 9.59 Å². The van der Waals surface area contributed by atoms with Crippen LogP contribution in [0.15, 0.2) is 24.3 Å². The SMILES string of the molecule is COC(=O)c1ccc(OC(=O)CSC(C)(C)C)cc1. The van der Waals surface area contributed by atoms with Crippen LogP contribution in [0.5, 0.6) is 5.75 Å². The molecule has 0 amide bonds. The van der Waals surface area contributed by atoms with Crippen molar-refractivity contribution in [3.05, 3.63) is 29.8 Å². The summed E-state index contributed by atoms with van der Waals surface area (Å²) in [6, 6.07) is 6.27. The molecule has 0 spiro atoms. The standard InChI is InChI=1S/C14H18O4S/c1-14(2,3)19-9-12(15)18-11-7-5-10(6-8-11)13(16)17-4/h5-8H,9H2,1-4H3. The number of benzene rings is 1. The van der Waals surface area contributed by atoms with Gasteiger partial charge in [0.15, 0.2) is 0 Å². The largest absolute Gasteiger partial charge is 0.465 e. The van der Waals surface area contributed by atoms with Gasteiger partial charge in [-0.1, -0.05) is 20.8 Å². The number of carbonyl (C=O) groups is 2. The van der Waals surface area contributed by atoms with E-state index >= 15 is 0 Å². The molecule has 0 N–H and O–H groups in total. The van der Waals surface area contributed by atoms with Gasteiger partial charge in [-0.05, 0) is 24.3 Å². The predicted molar refractivity (Wildman–Crippen MR) is 75.6 cm³/mol. The first kappa shape index (κ1) is 15.6. The number of hydrogen-bond donors (Lipinski definition) is 0. The fraction of sp³-hybridized carbons (Fsp3) is 0.429. The molecule has 0 aliphatic rings. The molecule has 0 atom stereocenters. The zero-order valence-electron chi connectivity index (χ0n) is 11.6. The average molecular weight is 282 g/mol. The summed E-state index contributed by atoms with van der Waals surface area (Å²) in [5, 5.41) is 0. The van der Waals surface area contributed by atoms with E-state index in [0.29, 0.717) is 17.1 Å². The molecule has 5 heteroatoms. The van der Waals surface area contributed by atoms with Gasteiger partial charge >= 0.3 is 11.9 Å². The van der Waals surface area contributed by atoms with Gasteiger partial charge in [0, 0.05) is 4.75 Å². The molecule has 0 unspecified atom stereocenters. The molecule has 0 heterocycles. The Morgan fingerprint density at radius 3 is 2.21 bits per heavy atom. The summed E-state index contributed by atoms with van der Waals surface area (Å²) in [7, 11) is 1.32. The van der Waals surface area contributed by atoms with Crippen molar-refractivity contribution in [3.63, 3.8) is 0 Å². The van der Waals surface area contributed by atoms with Gasteiger partial charge in [-0.2, -0.15) is 0 Å². The van der Waals surface area contributed by atoms with E-state index in [1.807, 2.05) is 20.8 Å². The van der Waals surface area contributed by atoms with E-state index in [1.165, 1.54) is 18.9 Å². The number of esters is 2. The fourth-order valence-corrected chi connectivity index (χ4v) is 1.82. The lowest BCUT2D eigenvalue weighted by Gasteiger charge is -2.16. The minimum absolute atomic E-state index is 0.0216. The first-order valence-corrected chi connectivity index (χ1v) is 6.83. The summed E-state index contributed by atoms with van der Waals surface area (Å²) in [5.41, 5.74) is 0.423. The van der Waals surface area contributed by atoms with Gasteiger partial charge in [-0.3, -0.25) is 4.79 Å². The zero-order chi connectivity index (χ0) is 14.5. The lowest BCUT2D eigenvalue weighted by Crippen LogP contribution is -2.17. The van der Waals surface area contributed by atoms with Gasteiger partial charge in [-0.15, -0.1) is 11.8 Å². The number of rotatable bonds is 4. The normalized spacial score (nSPS) is 10.9. The maximum atomic E-state index is 11.6. The molecular weight excluding hydrogens is 264 g/mol. The first-order chi connectivity index (χ1) is 8.81. The summed E-state index contributed by atoms with van der Waals surface area (Å²) in [4.78, 5) is 22.8. The van der Waals surface area contributed by atoms with Crippen LogP contribution in [-0.2, 0) is 9.53 Å². The highest BCUT2D eigenvalue weighted by Gasteiger charge is 2.14. The monoisotopic (exact) mass is 282 g/mol. The maximum absolute atomic E-state index is 11.6. The highest BCUT2D eigenvalue weighted by Crippen LogP contribution is 2.23. The Morgan fingerprint density at radius 2 is 1.74 bits per heavy atom. The van der Waals surface area contributed by atoms with Crippen LogP contribution in [-0.4, -0.2) is 29.5 Å². The third-order valence-corrected chi connectivity index (χ3v) is 3.38. The molecule has 0 saturated carbocycles. The summed E-state index contributed by atoms with van der Waals surface area (Å²) in [5.74, 6) is 0.00137. The first-order valence-electron chi connectivity index (χ1n) is 5.85. The molecule has 1 aromatic rings. The smallest absolute Gasteiger partial charge is 0.337 e. The van der Waals surface area contributed by atoms with E-state index in [0.717, 1.165) is 0 Å². The summed E-state index contributed by atoms with van der Waals surface area (Å²) < 4.78 is 9.77. The molecular formula is C14H18O4S. The molecule has 1 aromatic carbocycles. The number of hydrogen-bond acceptors (Lipinski definition) is 5. The molecule has 4 nitrogen and oxygen atoms in total. The molecule has 0 aliphatic heterocycles. The molecule has 0 aromatic heterocycles. The molecule has 0 radical (unpaired) electrons. The Hall–Kier alpha value is -1.49. The second kappa shape index (κ2) is 6.61. The minimum Gasteiger partial charge on any atom is -0.465 e. The van der Waals surface area contributed by atoms with Gasteiger partial charge < -0.3 is 9.47 Å². The van der Waals surface area contributed by atoms with Crippen LogP contribution >= 0.6 is 11.8 Å². The van der Waals surface area contributed by atoms with Crippen molar-refractivity contribution >= 4 is 23.7 Å². The van der Waals surface area contributed by atoms with Crippen LogP contribution in [0.2, 0.25) is 0 Å². The molecule has 104 valence electrons. The lowest BCUT2D eigenvalue weighted by atomic mass is 10.2. The zero-order valence-corrected chi connectivity index (χ0v) is 12.4. The fourth-order valence-electron chi connectivity index (χ4n) is 1.21. The summed E-state index contributed by atoms with van der Waals surface area (Å²) >= 11 is 1.52. The Balaban J connectivity index is 2.54. The number of ether oxygens (including phenoxy) is 2. The second-order valence-corrected chi connectivity index (χ2v) is 6.69. The number of carbonyl (C=O) groups excluding carboxylic acids is 2. The highest BCUT2D eigenvalue weighted by atomic mass is 32.2. The van der Waals surface area contributed by atoms with Crippen molar-refractivity contribution in [2.75, 3.05) is 12.9 Å². The van der Waals surface area contributed by atoms with Crippen LogP contribution in [0.1, 0.15) is 31.1 Å². The predicted octanol–water partition coefficient (Wildman–Crippen LogP) is 2.91. The quantitative estimate of drug-likeness (QED) is 0.628. The van der Waals surface area contributed by atoms with E-state index in [-0.39, 0.29) is 10.7 Å². The maximum Gasteiger partial charge on any atom is 0.337 e. The van der Waals surface area contributed by atoms with Crippen molar-refractivity contribution in [1.82, 2.24) is 0 Å². The highest BCUT2D eigenvalue weighted by molar-refractivity contribution is 8.01. The third-order valence-electron chi connectivity index (χ3n) is 2.13. The Bertz CT molecular complexity index is 446. The van der Waals surface area contributed by atoms with Crippen molar-refractivity contribution < 1.29 is 19.1 Å². The molecule has 19 heavy (non-hydrogen) atoms. The summed E-state index contributed by atoms with van der Waals surface area (Å²) in [6.07, 6.45) is 0. The van der Waals surface area contributed by atoms with Gasteiger partial charge in [0.1, 0.15) is 5.75 Å². The number of thioether (sulfide) groups is 1. The molecule has 0 fully saturated rings. The lowest BCUT2D eigenvalue weighted by molar-refractivity contribution is -0.131. The van der Waals surface area contributed by atoms with Crippen molar-refractivity contribution in [2.24, 2.45) is 0 Å². The summed E-state index contributed by atoms with van der Waals surface area (Å²) in [6.45, 7) is 6.11. The molecule has 0 saturated heterocycles. The van der Waals surface area contributed by atoms with Crippen LogP contribution in [0.4, 0.5) is 0 Å². The molecule has 0 bridgehead atoms. The average Bonchev–Trinajstić information content (AvgIpc) is 2.35. The van der Waals surface area contributed by atoms with Crippen molar-refractivity contribution in [2.45, 2.75) is 25.5 Å². The minimum atomic E-state index is -0.416. The molecule has 1 rings (SSSR count). The topological polar surface area (TPSA) is 52.6 Å². The van der Waals surface area contributed by atoms with E-state index in [4.69, 9.17) is 4.74 Å².